The van der Waals surface area contributed by atoms with Crippen LogP contribution in [0.5, 0.6) is 0 Å². The van der Waals surface area contributed by atoms with Gasteiger partial charge in [-0.3, -0.25) is 4.68 Å². The number of rotatable bonds is 4. The van der Waals surface area contributed by atoms with Crippen LogP contribution in [-0.4, -0.2) is 45.4 Å². The lowest BCUT2D eigenvalue weighted by atomic mass is 9.98. The molecule has 2 aromatic heterocycles. The summed E-state index contributed by atoms with van der Waals surface area (Å²) in [6, 6.07) is 0.796. The van der Waals surface area contributed by atoms with E-state index >= 15 is 0 Å². The van der Waals surface area contributed by atoms with Gasteiger partial charge in [-0.1, -0.05) is 0 Å². The first kappa shape index (κ1) is 13.0. The highest BCUT2D eigenvalue weighted by Crippen LogP contribution is 2.27. The molecule has 112 valence electrons. The van der Waals surface area contributed by atoms with E-state index in [-0.39, 0.29) is 0 Å². The molecular formula is C15H22N6. The number of piperidine rings is 1. The average Bonchev–Trinajstić information content (AvgIpc) is 3.28. The number of hydrogen-bond acceptors (Lipinski definition) is 5. The van der Waals surface area contributed by atoms with E-state index in [0.717, 1.165) is 48.4 Å². The van der Waals surface area contributed by atoms with E-state index in [4.69, 9.17) is 0 Å². The van der Waals surface area contributed by atoms with Crippen molar-refractivity contribution in [1.29, 1.82) is 0 Å². The predicted molar refractivity (Wildman–Crippen MR) is 82.3 cm³/mol. The Labute approximate surface area is 124 Å². The van der Waals surface area contributed by atoms with Crippen LogP contribution in [0.3, 0.4) is 0 Å². The van der Waals surface area contributed by atoms with E-state index in [9.17, 15) is 0 Å². The largest absolute Gasteiger partial charge is 0.356 e. The number of nitrogens with one attached hydrogen (secondary N) is 1. The van der Waals surface area contributed by atoms with Gasteiger partial charge in [-0.25, -0.2) is 9.97 Å². The summed E-state index contributed by atoms with van der Waals surface area (Å²) in [7, 11) is 1.93. The summed E-state index contributed by atoms with van der Waals surface area (Å²) in [6.07, 6.45) is 8.82. The zero-order valence-corrected chi connectivity index (χ0v) is 12.5. The SMILES string of the molecule is Cn1ncc2c(N3CCCC(CNC4CC4)C3)ncnc21. The van der Waals surface area contributed by atoms with E-state index in [0.29, 0.717) is 0 Å². The fourth-order valence-corrected chi connectivity index (χ4v) is 3.25. The molecule has 21 heavy (non-hydrogen) atoms. The van der Waals surface area contributed by atoms with E-state index < -0.39 is 0 Å². The molecule has 1 N–H and O–H groups in total. The van der Waals surface area contributed by atoms with Crippen LogP contribution < -0.4 is 10.2 Å². The lowest BCUT2D eigenvalue weighted by Crippen LogP contribution is -2.40. The highest BCUT2D eigenvalue weighted by molar-refractivity contribution is 5.86. The van der Waals surface area contributed by atoms with Gasteiger partial charge in [0.05, 0.1) is 11.6 Å². The number of nitrogens with zero attached hydrogens (tertiary/aromatic N) is 5. The molecule has 1 aliphatic carbocycles. The van der Waals surface area contributed by atoms with Gasteiger partial charge in [0.2, 0.25) is 0 Å². The summed E-state index contributed by atoms with van der Waals surface area (Å²) in [4.78, 5) is 11.3. The molecule has 4 rings (SSSR count). The van der Waals surface area contributed by atoms with Crippen LogP contribution in [-0.2, 0) is 7.05 Å². The van der Waals surface area contributed by atoms with Crippen LogP contribution in [0.2, 0.25) is 0 Å². The Balaban J connectivity index is 1.53. The molecule has 1 atom stereocenters. The zero-order chi connectivity index (χ0) is 14.2. The van der Waals surface area contributed by atoms with Crippen LogP contribution in [0, 0.1) is 5.92 Å². The Bertz CT molecular complexity index is 632. The fourth-order valence-electron chi connectivity index (χ4n) is 3.25. The molecule has 2 aromatic rings. The van der Waals surface area contributed by atoms with Crippen molar-refractivity contribution in [2.45, 2.75) is 31.7 Å². The maximum absolute atomic E-state index is 4.53. The first-order valence-electron chi connectivity index (χ1n) is 7.92. The van der Waals surface area contributed by atoms with Crippen molar-refractivity contribution in [2.24, 2.45) is 13.0 Å². The Kier molecular flexibility index (Phi) is 3.25. The third-order valence-electron chi connectivity index (χ3n) is 4.60. The second-order valence-corrected chi connectivity index (χ2v) is 6.34. The van der Waals surface area contributed by atoms with Crippen molar-refractivity contribution in [2.75, 3.05) is 24.5 Å². The normalized spacial score (nSPS) is 22.9. The lowest BCUT2D eigenvalue weighted by molar-refractivity contribution is 0.390. The highest BCUT2D eigenvalue weighted by atomic mass is 15.3. The van der Waals surface area contributed by atoms with Crippen molar-refractivity contribution in [3.63, 3.8) is 0 Å². The first-order valence-corrected chi connectivity index (χ1v) is 7.92. The molecule has 3 heterocycles. The average molecular weight is 286 g/mol. The van der Waals surface area contributed by atoms with Gasteiger partial charge < -0.3 is 10.2 Å². The molecule has 1 saturated carbocycles. The van der Waals surface area contributed by atoms with Crippen molar-refractivity contribution in [1.82, 2.24) is 25.1 Å². The first-order chi connectivity index (χ1) is 10.3. The lowest BCUT2D eigenvalue weighted by Gasteiger charge is -2.34. The number of hydrogen-bond donors (Lipinski definition) is 1. The van der Waals surface area contributed by atoms with Crippen molar-refractivity contribution in [3.05, 3.63) is 12.5 Å². The summed E-state index contributed by atoms with van der Waals surface area (Å²) in [5.74, 6) is 1.77. The van der Waals surface area contributed by atoms with Gasteiger partial charge in [-0.05, 0) is 38.1 Å². The van der Waals surface area contributed by atoms with Gasteiger partial charge in [0.1, 0.15) is 12.1 Å². The third kappa shape index (κ3) is 2.60. The van der Waals surface area contributed by atoms with E-state index in [1.54, 1.807) is 6.33 Å². The van der Waals surface area contributed by atoms with Crippen molar-refractivity contribution in [3.8, 4) is 0 Å². The van der Waals surface area contributed by atoms with E-state index in [1.807, 2.05) is 17.9 Å². The van der Waals surface area contributed by atoms with Crippen LogP contribution in [0.4, 0.5) is 5.82 Å². The molecule has 6 nitrogen and oxygen atoms in total. The molecule has 0 aromatic carbocycles. The molecule has 2 aliphatic rings. The summed E-state index contributed by atoms with van der Waals surface area (Å²) in [5, 5.41) is 9.04. The molecule has 2 fully saturated rings. The zero-order valence-electron chi connectivity index (χ0n) is 12.5. The van der Waals surface area contributed by atoms with Crippen LogP contribution in [0.1, 0.15) is 25.7 Å². The molecule has 0 spiro atoms. The van der Waals surface area contributed by atoms with Crippen LogP contribution >= 0.6 is 0 Å². The maximum atomic E-state index is 4.53. The number of aryl methyl sites for hydroxylation is 1. The molecule has 6 heteroatoms. The van der Waals surface area contributed by atoms with Gasteiger partial charge in [-0.15, -0.1) is 0 Å². The fraction of sp³-hybridized carbons (Fsp3) is 0.667. The molecule has 0 amide bonds. The summed E-state index contributed by atoms with van der Waals surface area (Å²) in [6.45, 7) is 3.31. The van der Waals surface area contributed by atoms with Crippen molar-refractivity contribution < 1.29 is 0 Å². The number of fused-ring (bicyclic) bond motifs is 1. The van der Waals surface area contributed by atoms with Crippen LogP contribution in [0.25, 0.3) is 11.0 Å². The van der Waals surface area contributed by atoms with Crippen LogP contribution in [0.15, 0.2) is 12.5 Å². The monoisotopic (exact) mass is 286 g/mol. The van der Waals surface area contributed by atoms with Gasteiger partial charge in [0, 0.05) is 26.2 Å². The molecule has 1 unspecified atom stereocenters. The van der Waals surface area contributed by atoms with Gasteiger partial charge >= 0.3 is 0 Å². The Morgan fingerprint density at radius 3 is 3.05 bits per heavy atom. The number of anilines is 1. The van der Waals surface area contributed by atoms with Gasteiger partial charge in [-0.2, -0.15) is 5.10 Å². The van der Waals surface area contributed by atoms with Gasteiger partial charge in [0.25, 0.3) is 0 Å². The standard InChI is InChI=1S/C15H22N6/c1-20-14-13(8-19-20)15(18-10-17-14)21-6-2-3-11(9-21)7-16-12-4-5-12/h8,10-12,16H,2-7,9H2,1H3. The summed E-state index contributed by atoms with van der Waals surface area (Å²) in [5.41, 5.74) is 0.915. The highest BCUT2D eigenvalue weighted by Gasteiger charge is 2.26. The third-order valence-corrected chi connectivity index (χ3v) is 4.60. The topological polar surface area (TPSA) is 58.9 Å². The molecule has 1 aliphatic heterocycles. The summed E-state index contributed by atoms with van der Waals surface area (Å²) < 4.78 is 1.82. The Morgan fingerprint density at radius 2 is 2.19 bits per heavy atom. The Morgan fingerprint density at radius 1 is 1.29 bits per heavy atom. The smallest absolute Gasteiger partial charge is 0.163 e. The van der Waals surface area contributed by atoms with E-state index in [2.05, 4.69) is 25.3 Å². The predicted octanol–water partition coefficient (Wildman–Crippen LogP) is 1.33. The second kappa shape index (κ2) is 5.26. The molecule has 0 radical (unpaired) electrons. The van der Waals surface area contributed by atoms with Gasteiger partial charge in [0.15, 0.2) is 5.65 Å². The maximum Gasteiger partial charge on any atom is 0.163 e. The quantitative estimate of drug-likeness (QED) is 0.919. The minimum atomic E-state index is 0.723. The van der Waals surface area contributed by atoms with Crippen molar-refractivity contribution >= 4 is 16.9 Å². The number of aromatic nitrogens is 4. The van der Waals surface area contributed by atoms with E-state index in [1.165, 1.54) is 25.7 Å². The molecular weight excluding hydrogens is 264 g/mol. The minimum Gasteiger partial charge on any atom is -0.356 e. The second-order valence-electron chi connectivity index (χ2n) is 6.34. The minimum absolute atomic E-state index is 0.723. The Hall–Kier alpha value is -1.69. The summed E-state index contributed by atoms with van der Waals surface area (Å²) >= 11 is 0. The molecule has 0 bridgehead atoms. The molecule has 1 saturated heterocycles.